The summed E-state index contributed by atoms with van der Waals surface area (Å²) in [7, 11) is -3.12. The molecule has 0 bridgehead atoms. The van der Waals surface area contributed by atoms with Crippen molar-refractivity contribution in [2.24, 2.45) is 11.8 Å². The summed E-state index contributed by atoms with van der Waals surface area (Å²) >= 11 is 0. The van der Waals surface area contributed by atoms with Crippen molar-refractivity contribution in [3.8, 4) is 0 Å². The predicted molar refractivity (Wildman–Crippen MR) is 89.2 cm³/mol. The van der Waals surface area contributed by atoms with E-state index in [1.54, 1.807) is 0 Å². The first-order valence-electron chi connectivity index (χ1n) is 8.96. The van der Waals surface area contributed by atoms with Crippen molar-refractivity contribution in [2.45, 2.75) is 38.0 Å². The van der Waals surface area contributed by atoms with Crippen LogP contribution in [-0.2, 0) is 21.2 Å². The smallest absolute Gasteiger partial charge is 0.227 e. The monoisotopic (exact) mass is 368 g/mol. The molecule has 4 rings (SSSR count). The van der Waals surface area contributed by atoms with Gasteiger partial charge in [0.25, 0.3) is 0 Å². The van der Waals surface area contributed by atoms with Gasteiger partial charge in [-0.05, 0) is 25.7 Å². The maximum absolute atomic E-state index is 11.9. The van der Waals surface area contributed by atoms with Gasteiger partial charge in [0.2, 0.25) is 21.8 Å². The van der Waals surface area contributed by atoms with E-state index in [0.29, 0.717) is 43.1 Å². The fourth-order valence-corrected chi connectivity index (χ4v) is 4.55. The first-order chi connectivity index (χ1) is 11.9. The number of aromatic nitrogens is 2. The molecule has 138 valence electrons. The third-order valence-electron chi connectivity index (χ3n) is 5.43. The lowest BCUT2D eigenvalue weighted by atomic mass is 9.95. The van der Waals surface area contributed by atoms with E-state index in [2.05, 4.69) is 10.1 Å². The van der Waals surface area contributed by atoms with Gasteiger partial charge in [-0.2, -0.15) is 4.98 Å². The number of amides is 1. The maximum Gasteiger partial charge on any atom is 0.227 e. The standard InChI is InChI=1S/C16H24N4O4S/c1-25(22,23)20-6-4-12(5-7-20)15-17-14(24-18-15)8-11-9-19(10-11)16(21)13-2-3-13/h11-13H,2-10H2,1H3. The summed E-state index contributed by atoms with van der Waals surface area (Å²) in [4.78, 5) is 18.4. The van der Waals surface area contributed by atoms with Crippen molar-refractivity contribution < 1.29 is 17.7 Å². The SMILES string of the molecule is CS(=O)(=O)N1CCC(c2noc(CC3CN(C(=O)C4CC4)C3)n2)CC1. The molecule has 0 N–H and O–H groups in total. The minimum Gasteiger partial charge on any atom is -0.342 e. The molecule has 3 aliphatic rings. The molecule has 1 aromatic heterocycles. The van der Waals surface area contributed by atoms with Crippen molar-refractivity contribution >= 4 is 15.9 Å². The Morgan fingerprint density at radius 2 is 1.88 bits per heavy atom. The Kier molecular flexibility index (Phi) is 4.31. The largest absolute Gasteiger partial charge is 0.342 e. The number of nitrogens with zero attached hydrogens (tertiary/aromatic N) is 4. The molecular weight excluding hydrogens is 344 g/mol. The molecule has 9 heteroatoms. The molecule has 0 unspecified atom stereocenters. The third-order valence-corrected chi connectivity index (χ3v) is 6.73. The van der Waals surface area contributed by atoms with Gasteiger partial charge in [0.05, 0.1) is 6.26 Å². The van der Waals surface area contributed by atoms with Crippen molar-refractivity contribution in [1.82, 2.24) is 19.3 Å². The number of sulfonamides is 1. The third kappa shape index (κ3) is 3.72. The highest BCUT2D eigenvalue weighted by Gasteiger charge is 2.39. The highest BCUT2D eigenvalue weighted by Crippen LogP contribution is 2.34. The van der Waals surface area contributed by atoms with Crippen LogP contribution in [0.2, 0.25) is 0 Å². The zero-order chi connectivity index (χ0) is 17.6. The molecule has 0 spiro atoms. The van der Waals surface area contributed by atoms with Gasteiger partial charge in [-0.1, -0.05) is 5.16 Å². The van der Waals surface area contributed by atoms with Crippen molar-refractivity contribution in [3.05, 3.63) is 11.7 Å². The summed E-state index contributed by atoms with van der Waals surface area (Å²) in [6.07, 6.45) is 5.49. The van der Waals surface area contributed by atoms with E-state index in [-0.39, 0.29) is 11.8 Å². The Bertz CT molecular complexity index is 744. The molecule has 1 aromatic rings. The predicted octanol–water partition coefficient (Wildman–Crippen LogP) is 0.619. The first-order valence-corrected chi connectivity index (χ1v) is 10.8. The Hall–Kier alpha value is -1.48. The normalized spacial score (nSPS) is 23.6. The lowest BCUT2D eigenvalue weighted by molar-refractivity contribution is -0.139. The van der Waals surface area contributed by atoms with E-state index in [0.717, 1.165) is 38.8 Å². The molecule has 1 aliphatic carbocycles. The van der Waals surface area contributed by atoms with Gasteiger partial charge in [-0.3, -0.25) is 4.79 Å². The van der Waals surface area contributed by atoms with Gasteiger partial charge in [0, 0.05) is 50.4 Å². The second-order valence-corrected chi connectivity index (χ2v) is 9.55. The van der Waals surface area contributed by atoms with E-state index < -0.39 is 10.0 Å². The summed E-state index contributed by atoms with van der Waals surface area (Å²) in [5.74, 6) is 2.47. The van der Waals surface area contributed by atoms with E-state index in [1.165, 1.54) is 10.6 Å². The van der Waals surface area contributed by atoms with Crippen LogP contribution < -0.4 is 0 Å². The van der Waals surface area contributed by atoms with Crippen LogP contribution in [0.1, 0.15) is 43.3 Å². The average Bonchev–Trinajstić information content (AvgIpc) is 3.28. The number of carbonyl (C=O) groups excluding carboxylic acids is 1. The summed E-state index contributed by atoms with van der Waals surface area (Å²) in [6, 6.07) is 0. The van der Waals surface area contributed by atoms with Crippen LogP contribution in [0.3, 0.4) is 0 Å². The molecule has 0 aromatic carbocycles. The van der Waals surface area contributed by atoms with Crippen molar-refractivity contribution in [2.75, 3.05) is 32.4 Å². The Labute approximate surface area is 147 Å². The molecule has 1 saturated carbocycles. The Balaban J connectivity index is 1.26. The average molecular weight is 368 g/mol. The molecule has 8 nitrogen and oxygen atoms in total. The Morgan fingerprint density at radius 1 is 1.20 bits per heavy atom. The maximum atomic E-state index is 11.9. The van der Waals surface area contributed by atoms with Gasteiger partial charge >= 0.3 is 0 Å². The minimum atomic E-state index is -3.12. The van der Waals surface area contributed by atoms with E-state index in [4.69, 9.17) is 4.52 Å². The van der Waals surface area contributed by atoms with Gasteiger partial charge < -0.3 is 9.42 Å². The summed E-state index contributed by atoms with van der Waals surface area (Å²) in [6.45, 7) is 2.60. The fraction of sp³-hybridized carbons (Fsp3) is 0.812. The van der Waals surface area contributed by atoms with E-state index in [9.17, 15) is 13.2 Å². The topological polar surface area (TPSA) is 96.6 Å². The van der Waals surface area contributed by atoms with Crippen LogP contribution in [0.25, 0.3) is 0 Å². The van der Waals surface area contributed by atoms with E-state index >= 15 is 0 Å². The highest BCUT2D eigenvalue weighted by atomic mass is 32.2. The van der Waals surface area contributed by atoms with Gasteiger partial charge in [0.15, 0.2) is 5.82 Å². The van der Waals surface area contributed by atoms with Gasteiger partial charge in [-0.15, -0.1) is 0 Å². The van der Waals surface area contributed by atoms with Crippen molar-refractivity contribution in [3.63, 3.8) is 0 Å². The van der Waals surface area contributed by atoms with Crippen LogP contribution >= 0.6 is 0 Å². The minimum absolute atomic E-state index is 0.157. The molecule has 3 heterocycles. The van der Waals surface area contributed by atoms with Crippen LogP contribution in [0, 0.1) is 11.8 Å². The second kappa shape index (κ2) is 6.35. The van der Waals surface area contributed by atoms with Crippen LogP contribution in [0.4, 0.5) is 0 Å². The van der Waals surface area contributed by atoms with Gasteiger partial charge in [0.1, 0.15) is 0 Å². The number of rotatable bonds is 5. The quantitative estimate of drug-likeness (QED) is 0.756. The molecule has 1 amide bonds. The second-order valence-electron chi connectivity index (χ2n) is 7.57. The number of piperidine rings is 1. The fourth-order valence-electron chi connectivity index (χ4n) is 3.68. The van der Waals surface area contributed by atoms with Crippen LogP contribution in [-0.4, -0.2) is 66.1 Å². The molecule has 0 radical (unpaired) electrons. The lowest BCUT2D eigenvalue weighted by Gasteiger charge is -2.38. The first kappa shape index (κ1) is 17.0. The molecule has 25 heavy (non-hydrogen) atoms. The zero-order valence-corrected chi connectivity index (χ0v) is 15.2. The summed E-state index contributed by atoms with van der Waals surface area (Å²) in [5, 5.41) is 4.10. The molecule has 0 atom stereocenters. The van der Waals surface area contributed by atoms with Gasteiger partial charge in [-0.25, -0.2) is 12.7 Å². The molecule has 2 aliphatic heterocycles. The van der Waals surface area contributed by atoms with Crippen molar-refractivity contribution in [1.29, 1.82) is 0 Å². The Morgan fingerprint density at radius 3 is 2.48 bits per heavy atom. The van der Waals surface area contributed by atoms with E-state index in [1.807, 2.05) is 4.90 Å². The summed E-state index contributed by atoms with van der Waals surface area (Å²) < 4.78 is 30.0. The lowest BCUT2D eigenvalue weighted by Crippen LogP contribution is -2.51. The molecule has 2 saturated heterocycles. The number of hydrogen-bond acceptors (Lipinski definition) is 6. The van der Waals surface area contributed by atoms with Crippen LogP contribution in [0.5, 0.6) is 0 Å². The highest BCUT2D eigenvalue weighted by molar-refractivity contribution is 7.88. The zero-order valence-electron chi connectivity index (χ0n) is 14.4. The summed E-state index contributed by atoms with van der Waals surface area (Å²) in [5.41, 5.74) is 0. The molecule has 3 fully saturated rings. The number of likely N-dealkylation sites (tertiary alicyclic amines) is 1. The number of carbonyl (C=O) groups is 1. The molecular formula is C16H24N4O4S. The number of hydrogen-bond donors (Lipinski definition) is 0. The van der Waals surface area contributed by atoms with Crippen LogP contribution in [0.15, 0.2) is 4.52 Å².